The zero-order chi connectivity index (χ0) is 21.4. The molecule has 0 bridgehead atoms. The molecule has 1 aliphatic rings. The maximum atomic E-state index is 13.0. The Kier molecular flexibility index (Phi) is 5.53. The van der Waals surface area contributed by atoms with E-state index in [1.54, 1.807) is 24.4 Å². The van der Waals surface area contributed by atoms with Crippen LogP contribution in [-0.2, 0) is 11.6 Å². The number of alkyl halides is 3. The van der Waals surface area contributed by atoms with E-state index in [4.69, 9.17) is 11.6 Å². The maximum absolute atomic E-state index is 13.0. The maximum Gasteiger partial charge on any atom is 0.416 e. The summed E-state index contributed by atoms with van der Waals surface area (Å²) in [6.45, 7) is 0.360. The highest BCUT2D eigenvalue weighted by atomic mass is 35.5. The van der Waals surface area contributed by atoms with Crippen LogP contribution in [0.1, 0.15) is 53.6 Å². The van der Waals surface area contributed by atoms with Gasteiger partial charge in [0.05, 0.1) is 16.1 Å². The molecule has 0 aliphatic heterocycles. The Morgan fingerprint density at radius 2 is 1.73 bits per heavy atom. The molecule has 158 valence electrons. The Morgan fingerprint density at radius 3 is 2.40 bits per heavy atom. The average Bonchev–Trinajstić information content (AvgIpc) is 3.22. The largest absolute Gasteiger partial charge is 0.416 e. The first kappa shape index (κ1) is 20.8. The van der Waals surface area contributed by atoms with Crippen LogP contribution in [0.3, 0.4) is 0 Å². The molecular weight excluding hydrogens is 413 g/mol. The number of amides is 1. The first-order valence-electron chi connectivity index (χ1n) is 10.0. The highest BCUT2D eigenvalue weighted by Gasteiger charge is 2.36. The number of benzene rings is 2. The fourth-order valence-corrected chi connectivity index (χ4v) is 4.74. The Hall–Kier alpha value is -2.47. The molecular formula is C23H22ClF3N2O. The molecule has 0 radical (unpaired) electrons. The summed E-state index contributed by atoms with van der Waals surface area (Å²) in [6, 6.07) is 10.7. The van der Waals surface area contributed by atoms with Crippen LogP contribution in [0.2, 0.25) is 5.02 Å². The summed E-state index contributed by atoms with van der Waals surface area (Å²) in [5.41, 5.74) is 1.05. The zero-order valence-electron chi connectivity index (χ0n) is 16.3. The van der Waals surface area contributed by atoms with Crippen molar-refractivity contribution in [3.63, 3.8) is 0 Å². The molecule has 1 heterocycles. The van der Waals surface area contributed by atoms with Crippen molar-refractivity contribution in [1.82, 2.24) is 10.3 Å². The van der Waals surface area contributed by atoms with Crippen molar-refractivity contribution in [2.45, 2.75) is 43.7 Å². The number of hydrogen-bond donors (Lipinski definition) is 2. The first-order chi connectivity index (χ1) is 14.3. The number of halogens is 4. The lowest BCUT2D eigenvalue weighted by molar-refractivity contribution is -0.137. The summed E-state index contributed by atoms with van der Waals surface area (Å²) in [6.07, 6.45) is 2.10. The molecule has 0 spiro atoms. The van der Waals surface area contributed by atoms with Crippen molar-refractivity contribution in [2.75, 3.05) is 6.54 Å². The van der Waals surface area contributed by atoms with Crippen LogP contribution < -0.4 is 5.32 Å². The van der Waals surface area contributed by atoms with Gasteiger partial charge in [-0.2, -0.15) is 13.2 Å². The summed E-state index contributed by atoms with van der Waals surface area (Å²) in [4.78, 5) is 15.9. The lowest BCUT2D eigenvalue weighted by atomic mass is 9.69. The molecule has 1 amide bonds. The molecule has 0 saturated heterocycles. The number of nitrogens with one attached hydrogen (secondary N) is 2. The summed E-state index contributed by atoms with van der Waals surface area (Å²) in [7, 11) is 0. The standard InChI is InChI=1S/C23H22ClF3N2O/c24-20-17-10-13-28-19(17)9-8-18(20)21(30)29-14-22(11-2-1-3-12-22)15-4-6-16(7-5-15)23(25,26)27/h4-10,13,28H,1-3,11-12,14H2,(H,29,30). The highest BCUT2D eigenvalue weighted by Crippen LogP contribution is 2.40. The first-order valence-corrected chi connectivity index (χ1v) is 10.4. The van der Waals surface area contributed by atoms with Crippen molar-refractivity contribution < 1.29 is 18.0 Å². The predicted octanol–water partition coefficient (Wildman–Crippen LogP) is 6.47. The molecule has 3 aromatic rings. The Morgan fingerprint density at radius 1 is 1.03 bits per heavy atom. The van der Waals surface area contributed by atoms with Crippen LogP contribution >= 0.6 is 11.6 Å². The number of aromatic amines is 1. The fraction of sp³-hybridized carbons (Fsp3) is 0.348. The van der Waals surface area contributed by atoms with Gasteiger partial charge in [0.25, 0.3) is 5.91 Å². The van der Waals surface area contributed by atoms with Crippen LogP contribution in [-0.4, -0.2) is 17.4 Å². The zero-order valence-corrected chi connectivity index (χ0v) is 17.0. The van der Waals surface area contributed by atoms with Gasteiger partial charge in [0.2, 0.25) is 0 Å². The van der Waals surface area contributed by atoms with E-state index in [9.17, 15) is 18.0 Å². The number of H-pyrrole nitrogens is 1. The topological polar surface area (TPSA) is 44.9 Å². The van der Waals surface area contributed by atoms with Gasteiger partial charge in [-0.15, -0.1) is 0 Å². The van der Waals surface area contributed by atoms with Crippen molar-refractivity contribution in [3.8, 4) is 0 Å². The van der Waals surface area contributed by atoms with E-state index < -0.39 is 11.7 Å². The molecule has 1 fully saturated rings. The molecule has 1 aliphatic carbocycles. The number of hydrogen-bond acceptors (Lipinski definition) is 1. The van der Waals surface area contributed by atoms with Crippen LogP contribution in [0.15, 0.2) is 48.7 Å². The lowest BCUT2D eigenvalue weighted by Crippen LogP contribution is -2.42. The van der Waals surface area contributed by atoms with Crippen LogP contribution in [0.5, 0.6) is 0 Å². The predicted molar refractivity (Wildman–Crippen MR) is 112 cm³/mol. The van der Waals surface area contributed by atoms with E-state index in [1.807, 2.05) is 12.1 Å². The van der Waals surface area contributed by atoms with Crippen molar-refractivity contribution in [3.05, 3.63) is 70.4 Å². The van der Waals surface area contributed by atoms with E-state index in [-0.39, 0.29) is 11.3 Å². The van der Waals surface area contributed by atoms with Gasteiger partial charge in [-0.05, 0) is 48.7 Å². The van der Waals surface area contributed by atoms with E-state index >= 15 is 0 Å². The molecule has 4 rings (SSSR count). The van der Waals surface area contributed by atoms with E-state index in [0.29, 0.717) is 17.1 Å². The molecule has 0 unspecified atom stereocenters. The van der Waals surface area contributed by atoms with Gasteiger partial charge < -0.3 is 10.3 Å². The normalized spacial score (nSPS) is 16.5. The molecule has 7 heteroatoms. The summed E-state index contributed by atoms with van der Waals surface area (Å²) >= 11 is 6.42. The van der Waals surface area contributed by atoms with E-state index in [0.717, 1.165) is 60.7 Å². The lowest BCUT2D eigenvalue weighted by Gasteiger charge is -2.38. The second kappa shape index (κ2) is 7.99. The summed E-state index contributed by atoms with van der Waals surface area (Å²) in [5.74, 6) is -0.278. The minimum Gasteiger partial charge on any atom is -0.361 e. The summed E-state index contributed by atoms with van der Waals surface area (Å²) in [5, 5.41) is 4.16. The minimum absolute atomic E-state index is 0.278. The SMILES string of the molecule is O=C(NCC1(c2ccc(C(F)(F)F)cc2)CCCCC1)c1ccc2[nH]ccc2c1Cl. The Balaban J connectivity index is 1.57. The van der Waals surface area contributed by atoms with Crippen molar-refractivity contribution in [2.24, 2.45) is 0 Å². The van der Waals surface area contributed by atoms with E-state index in [1.165, 1.54) is 0 Å². The van der Waals surface area contributed by atoms with Gasteiger partial charge in [0.15, 0.2) is 0 Å². The monoisotopic (exact) mass is 434 g/mol. The van der Waals surface area contributed by atoms with Gasteiger partial charge in [-0.25, -0.2) is 0 Å². The third-order valence-corrected chi connectivity index (χ3v) is 6.54. The third-order valence-electron chi connectivity index (χ3n) is 6.14. The summed E-state index contributed by atoms with van der Waals surface area (Å²) < 4.78 is 38.9. The third kappa shape index (κ3) is 3.93. The van der Waals surface area contributed by atoms with Crippen LogP contribution in [0.4, 0.5) is 13.2 Å². The molecule has 3 nitrogen and oxygen atoms in total. The average molecular weight is 435 g/mol. The van der Waals surface area contributed by atoms with E-state index in [2.05, 4.69) is 10.3 Å². The van der Waals surface area contributed by atoms with Crippen molar-refractivity contribution >= 4 is 28.4 Å². The quantitative estimate of drug-likeness (QED) is 0.485. The Bertz CT molecular complexity index is 1050. The van der Waals surface area contributed by atoms with Crippen molar-refractivity contribution in [1.29, 1.82) is 0 Å². The number of carbonyl (C=O) groups is 1. The second-order valence-corrected chi connectivity index (χ2v) is 8.34. The number of fused-ring (bicyclic) bond motifs is 1. The van der Waals surface area contributed by atoms with Crippen LogP contribution in [0, 0.1) is 0 Å². The van der Waals surface area contributed by atoms with Gasteiger partial charge in [0, 0.05) is 29.1 Å². The number of rotatable bonds is 4. The smallest absolute Gasteiger partial charge is 0.361 e. The highest BCUT2D eigenvalue weighted by molar-refractivity contribution is 6.38. The Labute approximate surface area is 177 Å². The molecule has 30 heavy (non-hydrogen) atoms. The number of carbonyl (C=O) groups excluding carboxylic acids is 1. The fourth-order valence-electron chi connectivity index (χ4n) is 4.43. The molecule has 1 aromatic heterocycles. The molecule has 0 atom stereocenters. The molecule has 1 saturated carbocycles. The molecule has 2 aromatic carbocycles. The number of aromatic nitrogens is 1. The van der Waals surface area contributed by atoms with Gasteiger partial charge in [0.1, 0.15) is 0 Å². The minimum atomic E-state index is -4.36. The van der Waals surface area contributed by atoms with Gasteiger partial charge in [-0.1, -0.05) is 43.0 Å². The van der Waals surface area contributed by atoms with Gasteiger partial charge >= 0.3 is 6.18 Å². The molecule has 2 N–H and O–H groups in total. The van der Waals surface area contributed by atoms with Crippen LogP contribution in [0.25, 0.3) is 10.9 Å². The van der Waals surface area contributed by atoms with Gasteiger partial charge in [-0.3, -0.25) is 4.79 Å². The second-order valence-electron chi connectivity index (χ2n) is 7.96.